The highest BCUT2D eigenvalue weighted by Crippen LogP contribution is 2.29. The quantitative estimate of drug-likeness (QED) is 0.804. The van der Waals surface area contributed by atoms with Crippen LogP contribution in [0.4, 0.5) is 8.78 Å². The molecule has 1 aromatic carbocycles. The molecular weight excluding hydrogens is 320 g/mol. The smallest absolute Gasteiger partial charge is 0.387 e. The Hall–Kier alpha value is -1.82. The molecule has 3 nitrogen and oxygen atoms in total. The Bertz CT molecular complexity index is 590. The van der Waals surface area contributed by atoms with Crippen molar-refractivity contribution in [1.29, 1.82) is 0 Å². The average molecular weight is 328 g/mol. The molecule has 1 heterocycles. The van der Waals surface area contributed by atoms with Crippen molar-refractivity contribution in [2.75, 3.05) is 0 Å². The zero-order chi connectivity index (χ0) is 13.8. The number of halogens is 3. The van der Waals surface area contributed by atoms with E-state index < -0.39 is 12.4 Å². The molecule has 6 heteroatoms. The number of nitrogens with zero attached hydrogens (tertiary/aromatic N) is 1. The van der Waals surface area contributed by atoms with Crippen molar-refractivity contribution < 1.29 is 18.3 Å². The van der Waals surface area contributed by atoms with E-state index in [1.54, 1.807) is 18.2 Å². The van der Waals surface area contributed by atoms with Crippen LogP contribution in [-0.4, -0.2) is 17.4 Å². The van der Waals surface area contributed by atoms with Gasteiger partial charge in [0.05, 0.1) is 5.56 Å². The molecule has 0 spiro atoms. The van der Waals surface area contributed by atoms with Gasteiger partial charge in [0.15, 0.2) is 0 Å². The van der Waals surface area contributed by atoms with Gasteiger partial charge in [-0.15, -0.1) is 0 Å². The second-order valence-electron chi connectivity index (χ2n) is 3.54. The third-order valence-corrected chi connectivity index (χ3v) is 2.98. The van der Waals surface area contributed by atoms with Gasteiger partial charge in [-0.1, -0.05) is 12.1 Å². The standard InChI is InChI=1S/C13H8BrF2NO2/c14-8-4-3-6-10(19-13(15)16)11(8)12(18)9-5-1-2-7-17-9/h1-7,13H. The van der Waals surface area contributed by atoms with Crippen molar-refractivity contribution in [1.82, 2.24) is 4.98 Å². The monoisotopic (exact) mass is 327 g/mol. The minimum Gasteiger partial charge on any atom is -0.434 e. The Morgan fingerprint density at radius 3 is 2.63 bits per heavy atom. The molecule has 0 aliphatic heterocycles. The number of hydrogen-bond donors (Lipinski definition) is 0. The predicted octanol–water partition coefficient (Wildman–Crippen LogP) is 3.68. The number of hydrogen-bond acceptors (Lipinski definition) is 3. The number of pyridine rings is 1. The van der Waals surface area contributed by atoms with E-state index in [0.29, 0.717) is 4.47 Å². The maximum absolute atomic E-state index is 12.3. The highest BCUT2D eigenvalue weighted by Gasteiger charge is 2.20. The maximum Gasteiger partial charge on any atom is 0.387 e. The maximum atomic E-state index is 12.3. The minimum absolute atomic E-state index is 0.0292. The Balaban J connectivity index is 2.46. The lowest BCUT2D eigenvalue weighted by Crippen LogP contribution is -2.10. The average Bonchev–Trinajstić information content (AvgIpc) is 2.38. The van der Waals surface area contributed by atoms with Crippen LogP contribution in [0.1, 0.15) is 16.1 Å². The van der Waals surface area contributed by atoms with Crippen molar-refractivity contribution in [3.8, 4) is 5.75 Å². The Labute approximate surface area is 116 Å². The molecule has 0 saturated carbocycles. The summed E-state index contributed by atoms with van der Waals surface area (Å²) in [7, 11) is 0. The summed E-state index contributed by atoms with van der Waals surface area (Å²) in [5.41, 5.74) is 0.190. The van der Waals surface area contributed by atoms with Gasteiger partial charge in [0.1, 0.15) is 11.4 Å². The summed E-state index contributed by atoms with van der Waals surface area (Å²) in [6, 6.07) is 9.21. The van der Waals surface area contributed by atoms with Crippen molar-refractivity contribution in [2.24, 2.45) is 0 Å². The molecule has 0 saturated heterocycles. The van der Waals surface area contributed by atoms with Gasteiger partial charge < -0.3 is 4.74 Å². The number of ketones is 1. The molecule has 0 atom stereocenters. The first kappa shape index (κ1) is 13.6. The molecule has 0 amide bonds. The van der Waals surface area contributed by atoms with Crippen LogP contribution < -0.4 is 4.74 Å². The third kappa shape index (κ3) is 3.14. The highest BCUT2D eigenvalue weighted by atomic mass is 79.9. The van der Waals surface area contributed by atoms with Crippen molar-refractivity contribution in [2.45, 2.75) is 6.61 Å². The fourth-order valence-corrected chi connectivity index (χ4v) is 2.07. The minimum atomic E-state index is -3.00. The Morgan fingerprint density at radius 1 is 1.21 bits per heavy atom. The molecule has 0 fully saturated rings. The molecule has 0 bridgehead atoms. The summed E-state index contributed by atoms with van der Waals surface area (Å²) < 4.78 is 29.4. The number of alkyl halides is 2. The highest BCUT2D eigenvalue weighted by molar-refractivity contribution is 9.10. The molecule has 0 unspecified atom stereocenters. The fourth-order valence-electron chi connectivity index (χ4n) is 1.54. The summed E-state index contributed by atoms with van der Waals surface area (Å²) in [5.74, 6) is -0.663. The second-order valence-corrected chi connectivity index (χ2v) is 4.39. The van der Waals surface area contributed by atoms with Crippen LogP contribution in [-0.2, 0) is 0 Å². The van der Waals surface area contributed by atoms with E-state index in [9.17, 15) is 13.6 Å². The van der Waals surface area contributed by atoms with Gasteiger partial charge in [0.2, 0.25) is 5.78 Å². The fraction of sp³-hybridized carbons (Fsp3) is 0.0769. The van der Waals surface area contributed by atoms with Crippen LogP contribution in [0.15, 0.2) is 47.1 Å². The van der Waals surface area contributed by atoms with Crippen LogP contribution in [0.5, 0.6) is 5.75 Å². The van der Waals surface area contributed by atoms with Gasteiger partial charge in [0, 0.05) is 10.7 Å². The summed E-state index contributed by atoms with van der Waals surface area (Å²) in [6.07, 6.45) is 1.46. The van der Waals surface area contributed by atoms with Crippen molar-refractivity contribution in [3.05, 3.63) is 58.3 Å². The van der Waals surface area contributed by atoms with Gasteiger partial charge in [-0.25, -0.2) is 0 Å². The molecule has 0 N–H and O–H groups in total. The van der Waals surface area contributed by atoms with Crippen LogP contribution >= 0.6 is 15.9 Å². The van der Waals surface area contributed by atoms with E-state index in [-0.39, 0.29) is 17.0 Å². The van der Waals surface area contributed by atoms with E-state index in [1.807, 2.05) is 0 Å². The Kier molecular flexibility index (Phi) is 4.21. The number of rotatable bonds is 4. The number of ether oxygens (including phenoxy) is 1. The zero-order valence-corrected chi connectivity index (χ0v) is 11.1. The first-order valence-electron chi connectivity index (χ1n) is 5.28. The SMILES string of the molecule is O=C(c1ccccn1)c1c(Br)cccc1OC(F)F. The van der Waals surface area contributed by atoms with Crippen molar-refractivity contribution in [3.63, 3.8) is 0 Å². The Morgan fingerprint density at radius 2 is 2.00 bits per heavy atom. The molecule has 0 aliphatic carbocycles. The normalized spacial score (nSPS) is 10.5. The number of carbonyl (C=O) groups excluding carboxylic acids is 1. The summed E-state index contributed by atoms with van der Waals surface area (Å²) >= 11 is 3.16. The van der Waals surface area contributed by atoms with Crippen LogP contribution in [0.2, 0.25) is 0 Å². The topological polar surface area (TPSA) is 39.2 Å². The molecule has 0 radical (unpaired) electrons. The molecule has 1 aromatic heterocycles. The van der Waals surface area contributed by atoms with Gasteiger partial charge in [-0.3, -0.25) is 9.78 Å². The van der Waals surface area contributed by atoms with E-state index in [4.69, 9.17) is 0 Å². The lowest BCUT2D eigenvalue weighted by molar-refractivity contribution is -0.0501. The van der Waals surface area contributed by atoms with Crippen LogP contribution in [0, 0.1) is 0 Å². The van der Waals surface area contributed by atoms with Crippen molar-refractivity contribution >= 4 is 21.7 Å². The zero-order valence-electron chi connectivity index (χ0n) is 9.52. The summed E-state index contributed by atoms with van der Waals surface area (Å²) in [4.78, 5) is 16.2. The van der Waals surface area contributed by atoms with E-state index in [0.717, 1.165) is 0 Å². The predicted molar refractivity (Wildman–Crippen MR) is 68.4 cm³/mol. The lowest BCUT2D eigenvalue weighted by Gasteiger charge is -2.11. The van der Waals surface area contributed by atoms with Crippen LogP contribution in [0.3, 0.4) is 0 Å². The molecule has 0 aliphatic rings. The molecule has 98 valence electrons. The molecule has 19 heavy (non-hydrogen) atoms. The third-order valence-electron chi connectivity index (χ3n) is 2.32. The van der Waals surface area contributed by atoms with E-state index in [1.165, 1.54) is 24.4 Å². The van der Waals surface area contributed by atoms with E-state index in [2.05, 4.69) is 25.7 Å². The van der Waals surface area contributed by atoms with Gasteiger partial charge in [0.25, 0.3) is 0 Å². The second kappa shape index (κ2) is 5.88. The number of carbonyl (C=O) groups is 1. The summed E-state index contributed by atoms with van der Waals surface area (Å²) in [5, 5.41) is 0. The lowest BCUT2D eigenvalue weighted by atomic mass is 10.1. The molecule has 2 aromatic rings. The number of benzene rings is 1. The van der Waals surface area contributed by atoms with E-state index >= 15 is 0 Å². The van der Waals surface area contributed by atoms with Gasteiger partial charge >= 0.3 is 6.61 Å². The number of aromatic nitrogens is 1. The largest absolute Gasteiger partial charge is 0.434 e. The molecular formula is C13H8BrF2NO2. The van der Waals surface area contributed by atoms with Gasteiger partial charge in [-0.2, -0.15) is 8.78 Å². The summed E-state index contributed by atoms with van der Waals surface area (Å²) in [6.45, 7) is -3.00. The first-order valence-corrected chi connectivity index (χ1v) is 6.08. The first-order chi connectivity index (χ1) is 9.09. The van der Waals surface area contributed by atoms with Gasteiger partial charge in [-0.05, 0) is 40.2 Å². The molecule has 2 rings (SSSR count). The van der Waals surface area contributed by atoms with Crippen LogP contribution in [0.25, 0.3) is 0 Å².